The Bertz CT molecular complexity index is 1660. The first-order valence-electron chi connectivity index (χ1n) is 31.8. The topological polar surface area (TPSA) is 228 Å². The molecular formula is C66H115NO13. The van der Waals surface area contributed by atoms with Gasteiger partial charge in [0.1, 0.15) is 48.8 Å². The number of amides is 1. The minimum atomic E-state index is -1.80. The van der Waals surface area contributed by atoms with Crippen LogP contribution in [0.5, 0.6) is 0 Å². The SMILES string of the molecule is CC/C=C\C/C=C\C/C=C\C/C=C\C/C=C\CCCCCCCCCCCC(=O)NC(COC1OC(CO)C(OC2OC(CO)C(O)C(O)C2O)C(O)C1O)C(O)/C=C/CC/C=C/CCCCCCCCCCCCCCCCC. The first-order valence-corrected chi connectivity index (χ1v) is 31.8. The van der Waals surface area contributed by atoms with E-state index < -0.39 is 86.8 Å². The lowest BCUT2D eigenvalue weighted by atomic mass is 9.97. The first kappa shape index (κ1) is 73.3. The fourth-order valence-corrected chi connectivity index (χ4v) is 9.98. The van der Waals surface area contributed by atoms with Crippen molar-refractivity contribution in [2.24, 2.45) is 0 Å². The van der Waals surface area contributed by atoms with Gasteiger partial charge in [0.05, 0.1) is 32.0 Å². The van der Waals surface area contributed by atoms with Crippen molar-refractivity contribution in [3.8, 4) is 0 Å². The highest BCUT2D eigenvalue weighted by Gasteiger charge is 2.51. The molecule has 0 aromatic carbocycles. The molecule has 14 heteroatoms. The van der Waals surface area contributed by atoms with Crippen molar-refractivity contribution in [3.63, 3.8) is 0 Å². The molecule has 12 atom stereocenters. The average molecular weight is 1130 g/mol. The van der Waals surface area contributed by atoms with Crippen LogP contribution < -0.4 is 5.32 Å². The Morgan fingerprint density at radius 2 is 0.875 bits per heavy atom. The molecule has 0 radical (unpaired) electrons. The van der Waals surface area contributed by atoms with Crippen molar-refractivity contribution in [2.45, 2.75) is 306 Å². The van der Waals surface area contributed by atoms with Gasteiger partial charge >= 0.3 is 0 Å². The number of unbranched alkanes of at least 4 members (excludes halogenated alkanes) is 25. The summed E-state index contributed by atoms with van der Waals surface area (Å²) in [6.07, 6.45) is 51.9. The van der Waals surface area contributed by atoms with Gasteiger partial charge in [-0.2, -0.15) is 0 Å². The van der Waals surface area contributed by atoms with Crippen LogP contribution in [-0.4, -0.2) is 140 Å². The summed E-state index contributed by atoms with van der Waals surface area (Å²) in [7, 11) is 0. The number of carbonyl (C=O) groups is 1. The molecule has 1 amide bonds. The maximum absolute atomic E-state index is 13.3. The minimum absolute atomic E-state index is 0.258. The van der Waals surface area contributed by atoms with Crippen LogP contribution in [0.3, 0.4) is 0 Å². The summed E-state index contributed by atoms with van der Waals surface area (Å²) in [5, 5.41) is 87.2. The lowest BCUT2D eigenvalue weighted by Gasteiger charge is -2.46. The van der Waals surface area contributed by atoms with Gasteiger partial charge in [0, 0.05) is 6.42 Å². The third kappa shape index (κ3) is 35.3. The van der Waals surface area contributed by atoms with Crippen molar-refractivity contribution in [1.29, 1.82) is 0 Å². The lowest BCUT2D eigenvalue weighted by Crippen LogP contribution is -2.65. The molecule has 2 heterocycles. The van der Waals surface area contributed by atoms with Gasteiger partial charge in [-0.15, -0.1) is 0 Å². The molecule has 9 N–H and O–H groups in total. The van der Waals surface area contributed by atoms with Crippen molar-refractivity contribution in [1.82, 2.24) is 5.32 Å². The summed E-state index contributed by atoms with van der Waals surface area (Å²) >= 11 is 0. The standard InChI is InChI=1S/C66H115NO13/c1-3-5-7-9-11-13-15-17-19-21-23-25-26-27-28-30-32-34-36-38-40-42-44-46-48-50-58(71)67-54(55(70)49-47-45-43-41-39-37-35-33-31-29-24-22-20-18-16-14-12-10-8-6-4-2)53-77-65-63(76)61(74)64(57(52-69)79-65)80-66-62(75)60(73)59(72)56(51-68)78-66/h5,7,11,13,17,19,23,25,27-28,39,41,47,49,54-57,59-66,68-70,72-76H,3-4,6,8-10,12,14-16,18,20-22,24,26,29-38,40,42-46,48,50-53H2,1-2H3,(H,67,71)/b7-5-,13-11-,19-17-,25-23-,28-27-,41-39+,49-47+. The minimum Gasteiger partial charge on any atom is -0.394 e. The Morgan fingerprint density at radius 1 is 0.463 bits per heavy atom. The number of aliphatic hydroxyl groups is 8. The fraction of sp³-hybridized carbons (Fsp3) is 0.773. The second kappa shape index (κ2) is 50.7. The number of nitrogens with one attached hydrogen (secondary N) is 1. The molecule has 0 bridgehead atoms. The Labute approximate surface area is 484 Å². The van der Waals surface area contributed by atoms with Gasteiger partial charge in [-0.1, -0.05) is 234 Å². The second-order valence-corrected chi connectivity index (χ2v) is 22.1. The van der Waals surface area contributed by atoms with Gasteiger partial charge in [-0.05, 0) is 77.0 Å². The number of hydrogen-bond donors (Lipinski definition) is 9. The predicted octanol–water partition coefficient (Wildman–Crippen LogP) is 11.7. The third-order valence-electron chi connectivity index (χ3n) is 15.1. The van der Waals surface area contributed by atoms with Crippen molar-refractivity contribution < 1.29 is 64.6 Å². The highest BCUT2D eigenvalue weighted by atomic mass is 16.7. The monoisotopic (exact) mass is 1130 g/mol. The molecule has 2 saturated heterocycles. The second-order valence-electron chi connectivity index (χ2n) is 22.1. The zero-order valence-corrected chi connectivity index (χ0v) is 49.8. The normalized spacial score (nSPS) is 24.8. The molecule has 0 spiro atoms. The molecule has 0 aliphatic carbocycles. The maximum atomic E-state index is 13.3. The molecule has 2 aliphatic heterocycles. The van der Waals surface area contributed by atoms with Crippen LogP contribution in [0.2, 0.25) is 0 Å². The van der Waals surface area contributed by atoms with Crippen LogP contribution in [0.4, 0.5) is 0 Å². The number of rotatable bonds is 50. The van der Waals surface area contributed by atoms with E-state index in [4.69, 9.17) is 18.9 Å². The maximum Gasteiger partial charge on any atom is 0.220 e. The van der Waals surface area contributed by atoms with Crippen LogP contribution >= 0.6 is 0 Å². The summed E-state index contributed by atoms with van der Waals surface area (Å²) in [5.74, 6) is -0.258. The molecule has 14 nitrogen and oxygen atoms in total. The molecule has 0 saturated carbocycles. The molecule has 2 fully saturated rings. The Balaban J connectivity index is 1.76. The quantitative estimate of drug-likeness (QED) is 0.0204. The molecule has 12 unspecified atom stereocenters. The number of aliphatic hydroxyl groups excluding tert-OH is 8. The average Bonchev–Trinajstić information content (AvgIpc) is 3.49. The smallest absolute Gasteiger partial charge is 0.220 e. The van der Waals surface area contributed by atoms with Gasteiger partial charge in [-0.25, -0.2) is 0 Å². The molecule has 80 heavy (non-hydrogen) atoms. The van der Waals surface area contributed by atoms with Crippen molar-refractivity contribution >= 4 is 5.91 Å². The summed E-state index contributed by atoms with van der Waals surface area (Å²) in [5.41, 5.74) is 0. The van der Waals surface area contributed by atoms with Crippen LogP contribution in [0, 0.1) is 0 Å². The highest BCUT2D eigenvalue weighted by Crippen LogP contribution is 2.30. The van der Waals surface area contributed by atoms with E-state index in [9.17, 15) is 45.6 Å². The summed E-state index contributed by atoms with van der Waals surface area (Å²) < 4.78 is 22.8. The predicted molar refractivity (Wildman–Crippen MR) is 323 cm³/mol. The van der Waals surface area contributed by atoms with E-state index in [-0.39, 0.29) is 18.9 Å². The number of allylic oxidation sites excluding steroid dienone is 13. The molecule has 462 valence electrons. The van der Waals surface area contributed by atoms with Gasteiger partial charge in [-0.3, -0.25) is 4.79 Å². The molecule has 2 rings (SSSR count). The van der Waals surface area contributed by atoms with Crippen molar-refractivity contribution in [2.75, 3.05) is 19.8 Å². The number of ether oxygens (including phenoxy) is 4. The number of carbonyl (C=O) groups excluding carboxylic acids is 1. The van der Waals surface area contributed by atoms with Gasteiger partial charge in [0.15, 0.2) is 12.6 Å². The van der Waals surface area contributed by atoms with E-state index in [0.717, 1.165) is 70.6 Å². The molecular weight excluding hydrogens is 1010 g/mol. The van der Waals surface area contributed by atoms with Crippen LogP contribution in [-0.2, 0) is 23.7 Å². The Morgan fingerprint density at radius 3 is 1.38 bits per heavy atom. The van der Waals surface area contributed by atoms with E-state index in [2.05, 4.69) is 92.1 Å². The van der Waals surface area contributed by atoms with E-state index >= 15 is 0 Å². The highest BCUT2D eigenvalue weighted by molar-refractivity contribution is 5.76. The zero-order valence-electron chi connectivity index (χ0n) is 49.8. The number of hydrogen-bond acceptors (Lipinski definition) is 13. The van der Waals surface area contributed by atoms with Gasteiger partial charge in [0.2, 0.25) is 5.91 Å². The van der Waals surface area contributed by atoms with Crippen molar-refractivity contribution in [3.05, 3.63) is 85.1 Å². The van der Waals surface area contributed by atoms with Crippen LogP contribution in [0.1, 0.15) is 232 Å². The first-order chi connectivity index (χ1) is 39.1. The van der Waals surface area contributed by atoms with E-state index in [1.165, 1.54) is 128 Å². The summed E-state index contributed by atoms with van der Waals surface area (Å²) in [4.78, 5) is 13.3. The van der Waals surface area contributed by atoms with Crippen LogP contribution in [0.25, 0.3) is 0 Å². The van der Waals surface area contributed by atoms with E-state index in [1.54, 1.807) is 6.08 Å². The summed E-state index contributed by atoms with van der Waals surface area (Å²) in [6, 6.07) is -0.941. The molecule has 0 aromatic rings. The fourth-order valence-electron chi connectivity index (χ4n) is 9.98. The molecule has 0 aromatic heterocycles. The molecule has 2 aliphatic rings. The Hall–Kier alpha value is -2.83. The van der Waals surface area contributed by atoms with Crippen LogP contribution in [0.15, 0.2) is 85.1 Å². The zero-order chi connectivity index (χ0) is 58.1. The van der Waals surface area contributed by atoms with E-state index in [1.807, 2.05) is 6.08 Å². The Kier molecular flexibility index (Phi) is 46.4. The third-order valence-corrected chi connectivity index (χ3v) is 15.1. The largest absolute Gasteiger partial charge is 0.394 e. The van der Waals surface area contributed by atoms with E-state index in [0.29, 0.717) is 12.8 Å². The lowest BCUT2D eigenvalue weighted by molar-refractivity contribution is -0.359. The summed E-state index contributed by atoms with van der Waals surface area (Å²) in [6.45, 7) is 2.67. The van der Waals surface area contributed by atoms with Gasteiger partial charge in [0.25, 0.3) is 0 Å². The van der Waals surface area contributed by atoms with Gasteiger partial charge < -0.3 is 65.1 Å².